The van der Waals surface area contributed by atoms with Gasteiger partial charge in [0.1, 0.15) is 0 Å². The quantitative estimate of drug-likeness (QED) is 0.374. The van der Waals surface area contributed by atoms with E-state index < -0.39 is 16.9 Å². The lowest BCUT2D eigenvalue weighted by Crippen LogP contribution is -2.34. The van der Waals surface area contributed by atoms with E-state index in [2.05, 4.69) is 0 Å². The molecule has 0 saturated heterocycles. The molecule has 2 aromatic rings. The molecule has 0 fully saturated rings. The van der Waals surface area contributed by atoms with Crippen molar-refractivity contribution in [2.75, 3.05) is 4.90 Å². The van der Waals surface area contributed by atoms with Crippen molar-refractivity contribution in [1.29, 1.82) is 5.41 Å². The molecule has 0 aliphatic heterocycles. The lowest BCUT2D eigenvalue weighted by Gasteiger charge is -2.25. The van der Waals surface area contributed by atoms with Gasteiger partial charge in [-0.2, -0.15) is 0 Å². The zero-order valence-corrected chi connectivity index (χ0v) is 11.2. The Labute approximate surface area is 125 Å². The summed E-state index contributed by atoms with van der Waals surface area (Å²) >= 11 is 0. The third-order valence-corrected chi connectivity index (χ3v) is 2.92. The maximum Gasteiger partial charge on any atom is 0.269 e. The Morgan fingerprint density at radius 3 is 2.23 bits per heavy atom. The number of benzene rings is 2. The second-order valence-corrected chi connectivity index (χ2v) is 4.30. The van der Waals surface area contributed by atoms with Crippen LogP contribution in [0.4, 0.5) is 17.1 Å². The highest BCUT2D eigenvalue weighted by Crippen LogP contribution is 2.29. The number of nitrogens with one attached hydrogen (secondary N) is 1. The molecule has 0 amide bonds. The van der Waals surface area contributed by atoms with E-state index in [1.165, 1.54) is 42.5 Å². The predicted molar refractivity (Wildman–Crippen MR) is 77.9 cm³/mol. The first kappa shape index (κ1) is 15.0. The molecule has 2 rings (SSSR count). The van der Waals surface area contributed by atoms with Gasteiger partial charge in [0, 0.05) is 23.4 Å². The lowest BCUT2D eigenvalue weighted by molar-refractivity contribution is -0.384. The molecule has 0 atom stereocenters. The van der Waals surface area contributed by atoms with Gasteiger partial charge in [0.15, 0.2) is 5.96 Å². The van der Waals surface area contributed by atoms with Crippen LogP contribution >= 0.6 is 0 Å². The number of nitrogens with zero attached hydrogens (tertiary/aromatic N) is 2. The molecule has 0 aliphatic carbocycles. The molecule has 0 unspecified atom stereocenters. The maximum atomic E-state index is 11.2. The van der Waals surface area contributed by atoms with Crippen LogP contribution in [0.2, 0.25) is 0 Å². The van der Waals surface area contributed by atoms with E-state index in [1.807, 2.05) is 0 Å². The third kappa shape index (κ3) is 2.85. The van der Waals surface area contributed by atoms with Gasteiger partial charge in [-0.3, -0.25) is 20.4 Å². The smallest absolute Gasteiger partial charge is 0.269 e. The maximum absolute atomic E-state index is 11.2. The van der Waals surface area contributed by atoms with Crippen molar-refractivity contribution in [1.82, 2.24) is 0 Å². The van der Waals surface area contributed by atoms with Gasteiger partial charge in [0.05, 0.1) is 16.6 Å². The number of nitrogens with two attached hydrogens (primary N) is 1. The molecular weight excluding hydrogens is 288 g/mol. The number of nitro benzene ring substituents is 1. The average molecular weight is 299 g/mol. The van der Waals surface area contributed by atoms with Crippen molar-refractivity contribution in [3.05, 3.63) is 64.2 Å². The summed E-state index contributed by atoms with van der Waals surface area (Å²) in [7, 11) is 0. The fourth-order valence-electron chi connectivity index (χ4n) is 1.97. The molecule has 0 bridgehead atoms. The van der Waals surface area contributed by atoms with E-state index >= 15 is 0 Å². The van der Waals surface area contributed by atoms with Crippen LogP contribution in [0, 0.1) is 15.5 Å². The second kappa shape index (κ2) is 5.92. The molecule has 0 aliphatic rings. The van der Waals surface area contributed by atoms with Crippen LogP contribution in [-0.4, -0.2) is 16.9 Å². The number of carboxylic acid groups (broad SMARTS) is 1. The summed E-state index contributed by atoms with van der Waals surface area (Å²) in [5.74, 6) is -1.84. The number of carbonyl (C=O) groups is 1. The van der Waals surface area contributed by atoms with E-state index in [0.29, 0.717) is 5.69 Å². The number of carboxylic acids is 1. The Bertz CT molecular complexity index is 743. The molecule has 0 heterocycles. The number of guanidine groups is 1. The van der Waals surface area contributed by atoms with Crippen molar-refractivity contribution < 1.29 is 14.8 Å². The zero-order chi connectivity index (χ0) is 16.3. The molecular formula is C14H11N4O4-. The molecule has 0 spiro atoms. The number of para-hydroxylation sites is 1. The van der Waals surface area contributed by atoms with Gasteiger partial charge in [-0.15, -0.1) is 0 Å². The monoisotopic (exact) mass is 299 g/mol. The van der Waals surface area contributed by atoms with Gasteiger partial charge >= 0.3 is 0 Å². The lowest BCUT2D eigenvalue weighted by atomic mass is 10.1. The molecule has 0 radical (unpaired) electrons. The minimum Gasteiger partial charge on any atom is -0.545 e. The molecule has 22 heavy (non-hydrogen) atoms. The van der Waals surface area contributed by atoms with E-state index in [0.717, 1.165) is 4.90 Å². The molecule has 112 valence electrons. The number of hydrogen-bond acceptors (Lipinski definition) is 5. The number of nitro groups is 1. The minimum absolute atomic E-state index is 0.125. The highest BCUT2D eigenvalue weighted by molar-refractivity contribution is 6.05. The standard InChI is InChI=1S/C14H12N4O4/c15-14(16)17(9-5-7-10(8-6-9)18(21)22)12-4-2-1-3-11(12)13(19)20/h1-8H,(H3,15,16)(H,19,20)/p-1. The van der Waals surface area contributed by atoms with Gasteiger partial charge in [0.2, 0.25) is 0 Å². The van der Waals surface area contributed by atoms with Crippen LogP contribution in [0.5, 0.6) is 0 Å². The van der Waals surface area contributed by atoms with Gasteiger partial charge in [-0.05, 0) is 18.2 Å². The summed E-state index contributed by atoms with van der Waals surface area (Å²) in [5.41, 5.74) is 5.73. The van der Waals surface area contributed by atoms with E-state index in [-0.39, 0.29) is 16.9 Å². The van der Waals surface area contributed by atoms with Gasteiger partial charge in [-0.25, -0.2) is 0 Å². The zero-order valence-electron chi connectivity index (χ0n) is 11.2. The van der Waals surface area contributed by atoms with E-state index in [1.54, 1.807) is 6.07 Å². The number of non-ortho nitro benzene ring substituents is 1. The van der Waals surface area contributed by atoms with Crippen LogP contribution in [0.3, 0.4) is 0 Å². The normalized spacial score (nSPS) is 10.0. The van der Waals surface area contributed by atoms with Crippen molar-refractivity contribution in [3.8, 4) is 0 Å². The molecule has 0 saturated carbocycles. The topological polar surface area (TPSA) is 136 Å². The average Bonchev–Trinajstić information content (AvgIpc) is 2.48. The molecule has 0 aromatic heterocycles. The fraction of sp³-hybridized carbons (Fsp3) is 0. The predicted octanol–water partition coefficient (Wildman–Crippen LogP) is 0.990. The first-order valence-corrected chi connectivity index (χ1v) is 6.11. The first-order valence-electron chi connectivity index (χ1n) is 6.11. The van der Waals surface area contributed by atoms with Crippen LogP contribution in [0.25, 0.3) is 0 Å². The van der Waals surface area contributed by atoms with Gasteiger partial charge < -0.3 is 15.6 Å². The fourth-order valence-corrected chi connectivity index (χ4v) is 1.97. The number of carbonyl (C=O) groups excluding carboxylic acids is 1. The van der Waals surface area contributed by atoms with Crippen LogP contribution in [0.15, 0.2) is 48.5 Å². The highest BCUT2D eigenvalue weighted by Gasteiger charge is 2.17. The summed E-state index contributed by atoms with van der Waals surface area (Å²) in [6.07, 6.45) is 0. The largest absolute Gasteiger partial charge is 0.545 e. The summed E-state index contributed by atoms with van der Waals surface area (Å²) < 4.78 is 0. The van der Waals surface area contributed by atoms with E-state index in [9.17, 15) is 20.0 Å². The Morgan fingerprint density at radius 2 is 1.73 bits per heavy atom. The summed E-state index contributed by atoms with van der Waals surface area (Å²) in [6, 6.07) is 11.1. The Hall–Kier alpha value is -3.42. The molecule has 8 heteroatoms. The first-order chi connectivity index (χ1) is 10.4. The summed E-state index contributed by atoms with van der Waals surface area (Å²) in [4.78, 5) is 22.5. The van der Waals surface area contributed by atoms with Crippen LogP contribution in [-0.2, 0) is 0 Å². The van der Waals surface area contributed by atoms with Crippen molar-refractivity contribution in [2.24, 2.45) is 5.73 Å². The Morgan fingerprint density at radius 1 is 1.14 bits per heavy atom. The van der Waals surface area contributed by atoms with Crippen molar-refractivity contribution in [3.63, 3.8) is 0 Å². The minimum atomic E-state index is -1.41. The molecule has 2 aromatic carbocycles. The molecule has 3 N–H and O–H groups in total. The molecule has 8 nitrogen and oxygen atoms in total. The highest BCUT2D eigenvalue weighted by atomic mass is 16.6. The van der Waals surface area contributed by atoms with Crippen molar-refractivity contribution >= 4 is 29.0 Å². The van der Waals surface area contributed by atoms with Crippen molar-refractivity contribution in [2.45, 2.75) is 0 Å². The Balaban J connectivity index is 2.54. The van der Waals surface area contributed by atoms with E-state index in [4.69, 9.17) is 11.1 Å². The Kier molecular flexibility index (Phi) is 4.03. The van der Waals surface area contributed by atoms with Gasteiger partial charge in [0.25, 0.3) is 5.69 Å². The number of rotatable bonds is 4. The second-order valence-electron chi connectivity index (χ2n) is 4.30. The SMILES string of the molecule is N=C(N)N(c1ccc([N+](=O)[O-])cc1)c1ccccc1C(=O)[O-]. The number of anilines is 2. The number of hydrogen-bond donors (Lipinski definition) is 2. The van der Waals surface area contributed by atoms with Crippen LogP contribution in [0.1, 0.15) is 10.4 Å². The summed E-state index contributed by atoms with van der Waals surface area (Å²) in [6.45, 7) is 0. The van der Waals surface area contributed by atoms with Crippen LogP contribution < -0.4 is 15.7 Å². The van der Waals surface area contributed by atoms with Gasteiger partial charge in [-0.1, -0.05) is 18.2 Å². The number of aromatic carboxylic acids is 1. The summed E-state index contributed by atoms with van der Waals surface area (Å²) in [5, 5.41) is 29.5. The third-order valence-electron chi connectivity index (χ3n) is 2.92.